The largest absolute Gasteiger partial charge is 0.394 e. The average molecular weight is 743 g/mol. The molecule has 13 nitrogen and oxygen atoms in total. The number of unbranched alkanes of at least 4 members (excludes halogenated alkanes) is 15. The molecule has 0 radical (unpaired) electrons. The predicted molar refractivity (Wildman–Crippen MR) is 191 cm³/mol. The van der Waals surface area contributed by atoms with E-state index in [2.05, 4.69) is 6.92 Å². The van der Waals surface area contributed by atoms with E-state index in [-0.39, 0.29) is 0 Å². The van der Waals surface area contributed by atoms with Crippen molar-refractivity contribution in [3.05, 3.63) is 0 Å². The minimum absolute atomic E-state index is 0.348. The molecular weight excluding hydrogens is 672 g/mol. The van der Waals surface area contributed by atoms with Gasteiger partial charge in [-0.2, -0.15) is 0 Å². The third-order valence-corrected chi connectivity index (χ3v) is 10.5. The van der Waals surface area contributed by atoms with Crippen molar-refractivity contribution in [1.82, 2.24) is 0 Å². The maximum Gasteiger partial charge on any atom is 0.187 e. The van der Waals surface area contributed by atoms with Gasteiger partial charge in [0.2, 0.25) is 0 Å². The quantitative estimate of drug-likeness (QED) is 0.0512. The van der Waals surface area contributed by atoms with Gasteiger partial charge in [0.1, 0.15) is 54.3 Å². The minimum atomic E-state index is -1.70. The molecule has 0 saturated carbocycles. The van der Waals surface area contributed by atoms with Gasteiger partial charge in [-0.1, -0.05) is 103 Å². The van der Waals surface area contributed by atoms with Crippen LogP contribution in [-0.4, -0.2) is 155 Å². The molecule has 0 aliphatic carbocycles. The zero-order chi connectivity index (χ0) is 36.4. The normalized spacial score (nSPS) is 30.2. The predicted octanol–water partition coefficient (Wildman–Crippen LogP) is 2.66. The molecule has 2 aliphatic rings. The Labute approximate surface area is 304 Å². The molecule has 2 heterocycles. The van der Waals surface area contributed by atoms with E-state index in [9.17, 15) is 35.7 Å². The molecule has 10 atom stereocenters. The summed E-state index contributed by atoms with van der Waals surface area (Å²) in [6, 6.07) is 0. The lowest BCUT2D eigenvalue weighted by molar-refractivity contribution is -0.338. The number of aliphatic hydroxyl groups excluding tert-OH is 7. The summed E-state index contributed by atoms with van der Waals surface area (Å²) >= 11 is 1.20. The van der Waals surface area contributed by atoms with E-state index >= 15 is 0 Å². The van der Waals surface area contributed by atoms with Crippen molar-refractivity contribution < 1.29 is 64.2 Å². The van der Waals surface area contributed by atoms with Crippen LogP contribution in [-0.2, 0) is 28.4 Å². The molecule has 0 amide bonds. The number of ether oxygens (including phenoxy) is 6. The molecule has 0 aromatic rings. The van der Waals surface area contributed by atoms with E-state index in [0.29, 0.717) is 38.8 Å². The molecule has 2 saturated heterocycles. The zero-order valence-electron chi connectivity index (χ0n) is 30.4. The summed E-state index contributed by atoms with van der Waals surface area (Å²) in [6.07, 6.45) is 8.58. The number of hydrogen-bond donors (Lipinski definition) is 7. The Morgan fingerprint density at radius 3 is 1.48 bits per heavy atom. The second-order valence-corrected chi connectivity index (χ2v) is 14.7. The third kappa shape index (κ3) is 18.2. The zero-order valence-corrected chi connectivity index (χ0v) is 31.3. The number of aliphatic hydroxyl groups is 7. The fourth-order valence-electron chi connectivity index (χ4n) is 6.21. The first-order valence-electron chi connectivity index (χ1n) is 19.3. The lowest BCUT2D eigenvalue weighted by Crippen LogP contribution is -2.64. The van der Waals surface area contributed by atoms with Gasteiger partial charge in [-0.25, -0.2) is 0 Å². The lowest BCUT2D eigenvalue weighted by atomic mass is 9.97. The van der Waals surface area contributed by atoms with Gasteiger partial charge < -0.3 is 64.2 Å². The molecule has 298 valence electrons. The van der Waals surface area contributed by atoms with E-state index < -0.39 is 73.8 Å². The Morgan fingerprint density at radius 2 is 0.960 bits per heavy atom. The summed E-state index contributed by atoms with van der Waals surface area (Å²) in [4.78, 5) is 0. The van der Waals surface area contributed by atoms with Crippen LogP contribution in [0.4, 0.5) is 0 Å². The van der Waals surface area contributed by atoms with Gasteiger partial charge in [0, 0.05) is 12.4 Å². The number of rotatable bonds is 31. The smallest absolute Gasteiger partial charge is 0.187 e. The summed E-state index contributed by atoms with van der Waals surface area (Å²) in [5.41, 5.74) is -0.886. The molecule has 0 aromatic carbocycles. The van der Waals surface area contributed by atoms with E-state index in [4.69, 9.17) is 28.4 Å². The van der Waals surface area contributed by atoms with Gasteiger partial charge in [0.05, 0.1) is 46.2 Å². The van der Waals surface area contributed by atoms with Crippen molar-refractivity contribution >= 4 is 11.8 Å². The second kappa shape index (κ2) is 29.2. The van der Waals surface area contributed by atoms with Crippen LogP contribution in [0.5, 0.6) is 0 Å². The SMILES string of the molecule is CCCCCCCCCCCCCCCCCCOCCOCCOCCS[C@@H]1O[C@H](CO)[C@@H](O[C@@H]2O[C@H](CO)[C@H](O)[C@H](O)[C@H]2O)[C@H](O)[C@H]1O. The molecule has 50 heavy (non-hydrogen) atoms. The van der Waals surface area contributed by atoms with Crippen molar-refractivity contribution in [2.45, 2.75) is 170 Å². The fraction of sp³-hybridized carbons (Fsp3) is 1.00. The van der Waals surface area contributed by atoms with Crippen molar-refractivity contribution in [3.63, 3.8) is 0 Å². The maximum atomic E-state index is 10.7. The third-order valence-electron chi connectivity index (χ3n) is 9.36. The molecule has 2 fully saturated rings. The van der Waals surface area contributed by atoms with Crippen LogP contribution in [0.25, 0.3) is 0 Å². The summed E-state index contributed by atoms with van der Waals surface area (Å²) in [5.74, 6) is 0.438. The Hall–Kier alpha value is -0.170. The van der Waals surface area contributed by atoms with Gasteiger partial charge in [-0.3, -0.25) is 0 Å². The Balaban J connectivity index is 1.39. The highest BCUT2D eigenvalue weighted by Crippen LogP contribution is 2.32. The standard InChI is InChI=1S/C36H70O13S/c1-2-3-4-5-6-7-8-9-10-11-12-13-14-15-16-17-18-44-19-20-45-21-22-46-23-24-50-36-33(43)31(41)34(28(26-38)48-36)49-35-32(42)30(40)29(39)27(25-37)47-35/h27-43H,2-26H2,1H3/t27-,28-,29+,30+,31-,32-,33-,34-,35+,36+/m1/s1. The Kier molecular flexibility index (Phi) is 26.9. The summed E-state index contributed by atoms with van der Waals surface area (Å²) in [7, 11) is 0. The van der Waals surface area contributed by atoms with Gasteiger partial charge in [-0.15, -0.1) is 11.8 Å². The first-order chi connectivity index (χ1) is 24.3. The lowest BCUT2D eigenvalue weighted by Gasteiger charge is -2.46. The van der Waals surface area contributed by atoms with Gasteiger partial charge in [0.25, 0.3) is 0 Å². The van der Waals surface area contributed by atoms with Gasteiger partial charge in [0.15, 0.2) is 6.29 Å². The monoisotopic (exact) mass is 742 g/mol. The average Bonchev–Trinajstić information content (AvgIpc) is 3.12. The molecule has 7 N–H and O–H groups in total. The van der Waals surface area contributed by atoms with Crippen molar-refractivity contribution in [3.8, 4) is 0 Å². The summed E-state index contributed by atoms with van der Waals surface area (Å²) < 4.78 is 33.5. The van der Waals surface area contributed by atoms with Crippen LogP contribution < -0.4 is 0 Å². The molecule has 0 spiro atoms. The van der Waals surface area contributed by atoms with Crippen molar-refractivity contribution in [2.24, 2.45) is 0 Å². The summed E-state index contributed by atoms with van der Waals surface area (Å²) in [6.45, 7) is 4.04. The van der Waals surface area contributed by atoms with Gasteiger partial charge in [-0.05, 0) is 6.42 Å². The van der Waals surface area contributed by atoms with E-state index in [1.54, 1.807) is 0 Å². The van der Waals surface area contributed by atoms with Crippen LogP contribution in [0.2, 0.25) is 0 Å². The highest BCUT2D eigenvalue weighted by atomic mass is 32.2. The molecule has 14 heteroatoms. The first kappa shape index (κ1) is 46.0. The van der Waals surface area contributed by atoms with Gasteiger partial charge >= 0.3 is 0 Å². The van der Waals surface area contributed by atoms with Crippen LogP contribution in [0.3, 0.4) is 0 Å². The van der Waals surface area contributed by atoms with Crippen molar-refractivity contribution in [2.75, 3.05) is 58.6 Å². The topological polar surface area (TPSA) is 197 Å². The highest BCUT2D eigenvalue weighted by molar-refractivity contribution is 7.99. The number of thioether (sulfide) groups is 1. The molecule has 0 bridgehead atoms. The molecule has 0 aromatic heterocycles. The van der Waals surface area contributed by atoms with E-state index in [1.807, 2.05) is 0 Å². The summed E-state index contributed by atoms with van der Waals surface area (Å²) in [5, 5.41) is 70.8. The Bertz CT molecular complexity index is 782. The number of hydrogen-bond acceptors (Lipinski definition) is 14. The molecule has 2 rings (SSSR count). The van der Waals surface area contributed by atoms with Crippen LogP contribution in [0, 0.1) is 0 Å². The Morgan fingerprint density at radius 1 is 0.480 bits per heavy atom. The van der Waals surface area contributed by atoms with Crippen LogP contribution in [0.15, 0.2) is 0 Å². The molecule has 0 unspecified atom stereocenters. The highest BCUT2D eigenvalue weighted by Gasteiger charge is 2.50. The maximum absolute atomic E-state index is 10.7. The molecule has 2 aliphatic heterocycles. The minimum Gasteiger partial charge on any atom is -0.394 e. The van der Waals surface area contributed by atoms with E-state index in [0.717, 1.165) is 13.0 Å². The van der Waals surface area contributed by atoms with Crippen LogP contribution >= 0.6 is 11.8 Å². The fourth-order valence-corrected chi connectivity index (χ4v) is 7.24. The molecular formula is C36H70O13S. The second-order valence-electron chi connectivity index (χ2n) is 13.5. The first-order valence-corrected chi connectivity index (χ1v) is 20.3. The van der Waals surface area contributed by atoms with Crippen molar-refractivity contribution in [1.29, 1.82) is 0 Å². The van der Waals surface area contributed by atoms with E-state index in [1.165, 1.54) is 108 Å². The van der Waals surface area contributed by atoms with Crippen LogP contribution in [0.1, 0.15) is 110 Å².